The molecule has 0 spiro atoms. The van der Waals surface area contributed by atoms with E-state index in [1.807, 2.05) is 0 Å². The van der Waals surface area contributed by atoms with E-state index in [1.165, 1.54) is 35.2 Å². The van der Waals surface area contributed by atoms with Crippen LogP contribution >= 0.6 is 7.26 Å². The van der Waals surface area contributed by atoms with Crippen molar-refractivity contribution in [3.05, 3.63) is 103 Å². The van der Waals surface area contributed by atoms with E-state index in [-0.39, 0.29) is 10.6 Å². The lowest BCUT2D eigenvalue weighted by molar-refractivity contribution is 0.303. The molecule has 154 valence electrons. The maximum atomic E-state index is 2.57. The minimum Gasteiger partial charge on any atom is -0.0837 e. The zero-order valence-electron chi connectivity index (χ0n) is 18.8. The second-order valence-electron chi connectivity index (χ2n) is 9.39. The highest BCUT2D eigenvalue weighted by Gasteiger charge is 2.64. The molecule has 0 nitrogen and oxygen atoms in total. The number of allylic oxidation sites excluding steroid dienone is 2. The van der Waals surface area contributed by atoms with Crippen LogP contribution in [0.25, 0.3) is 0 Å². The SMILES string of the molecule is C/C=C1\C(C)(C)CCCC1(C)[P+](c1ccccc1)(c1ccccc1)c1ccccc1. The average Bonchev–Trinajstić information content (AvgIpc) is 2.76. The molecule has 0 bridgehead atoms. The molecule has 0 aromatic heterocycles. The van der Waals surface area contributed by atoms with Crippen LogP contribution in [0.4, 0.5) is 0 Å². The fourth-order valence-electron chi connectivity index (χ4n) is 6.18. The lowest BCUT2D eigenvalue weighted by Crippen LogP contribution is -2.51. The standard InChI is InChI=1S/C29H34P/c1-5-27-28(2,3)22-15-23-29(27,4)30(24-16-9-6-10-17-24,25-18-11-7-12-19-25)26-20-13-8-14-21-26/h5-14,16-21H,15,22-23H2,1-4H3/q+1/b27-5+. The molecule has 0 aliphatic heterocycles. The highest BCUT2D eigenvalue weighted by Crippen LogP contribution is 2.73. The predicted molar refractivity (Wildman–Crippen MR) is 135 cm³/mol. The first kappa shape index (κ1) is 21.1. The molecule has 1 aliphatic carbocycles. The molecule has 0 heterocycles. The Morgan fingerprint density at radius 2 is 1.03 bits per heavy atom. The Hall–Kier alpha value is -2.17. The molecule has 3 aromatic carbocycles. The summed E-state index contributed by atoms with van der Waals surface area (Å²) < 4.78 is 0. The molecule has 1 atom stereocenters. The predicted octanol–water partition coefficient (Wildman–Crippen LogP) is 6.90. The van der Waals surface area contributed by atoms with Gasteiger partial charge in [-0.25, -0.2) is 0 Å². The highest BCUT2D eigenvalue weighted by atomic mass is 31.2. The van der Waals surface area contributed by atoms with E-state index < -0.39 is 7.26 Å². The van der Waals surface area contributed by atoms with Crippen LogP contribution in [0, 0.1) is 5.41 Å². The van der Waals surface area contributed by atoms with E-state index in [4.69, 9.17) is 0 Å². The zero-order valence-corrected chi connectivity index (χ0v) is 19.7. The van der Waals surface area contributed by atoms with Crippen LogP contribution < -0.4 is 15.9 Å². The summed E-state index contributed by atoms with van der Waals surface area (Å²) in [6.07, 6.45) is 6.21. The second-order valence-corrected chi connectivity index (χ2v) is 13.3. The van der Waals surface area contributed by atoms with E-state index >= 15 is 0 Å². The normalized spacial score (nSPS) is 22.7. The van der Waals surface area contributed by atoms with Crippen LogP contribution in [-0.4, -0.2) is 5.16 Å². The molecule has 0 amide bonds. The Morgan fingerprint density at radius 3 is 1.40 bits per heavy atom. The third kappa shape index (κ3) is 3.17. The van der Waals surface area contributed by atoms with Crippen molar-refractivity contribution in [1.82, 2.24) is 0 Å². The van der Waals surface area contributed by atoms with E-state index in [0.29, 0.717) is 0 Å². The van der Waals surface area contributed by atoms with Crippen LogP contribution in [-0.2, 0) is 0 Å². The van der Waals surface area contributed by atoms with Gasteiger partial charge >= 0.3 is 0 Å². The minimum absolute atomic E-state index is 0.0769. The lowest BCUT2D eigenvalue weighted by Gasteiger charge is -2.51. The van der Waals surface area contributed by atoms with Crippen LogP contribution in [0.1, 0.15) is 47.0 Å². The first-order chi connectivity index (χ1) is 14.5. The summed E-state index contributed by atoms with van der Waals surface area (Å²) in [5.74, 6) is 0. The Balaban J connectivity index is 2.16. The summed E-state index contributed by atoms with van der Waals surface area (Å²) in [6.45, 7) is 9.74. The van der Waals surface area contributed by atoms with Gasteiger partial charge in [-0.3, -0.25) is 0 Å². The van der Waals surface area contributed by atoms with E-state index in [0.717, 1.165) is 0 Å². The number of rotatable bonds is 4. The molecular weight excluding hydrogens is 379 g/mol. The summed E-state index contributed by atoms with van der Waals surface area (Å²) >= 11 is 0. The van der Waals surface area contributed by atoms with Crippen LogP contribution in [0.15, 0.2) is 103 Å². The fourth-order valence-corrected chi connectivity index (χ4v) is 11.9. The largest absolute Gasteiger partial charge is 0.121 e. The van der Waals surface area contributed by atoms with Crippen molar-refractivity contribution in [2.45, 2.75) is 52.1 Å². The molecule has 3 aromatic rings. The van der Waals surface area contributed by atoms with Gasteiger partial charge in [0.15, 0.2) is 0 Å². The number of hydrogen-bond donors (Lipinski definition) is 0. The zero-order chi connectivity index (χ0) is 21.2. The minimum atomic E-state index is -1.96. The van der Waals surface area contributed by atoms with E-state index in [9.17, 15) is 0 Å². The molecule has 30 heavy (non-hydrogen) atoms. The molecule has 1 saturated carbocycles. The smallest absolute Gasteiger partial charge is 0.0837 e. The monoisotopic (exact) mass is 413 g/mol. The lowest BCUT2D eigenvalue weighted by atomic mass is 9.68. The van der Waals surface area contributed by atoms with Gasteiger partial charge in [-0.05, 0) is 80.5 Å². The van der Waals surface area contributed by atoms with Crippen molar-refractivity contribution in [1.29, 1.82) is 0 Å². The molecular formula is C29H34P+. The van der Waals surface area contributed by atoms with Gasteiger partial charge in [0.1, 0.15) is 28.3 Å². The summed E-state index contributed by atoms with van der Waals surface area (Å²) in [4.78, 5) is 0. The topological polar surface area (TPSA) is 0 Å². The third-order valence-electron chi connectivity index (χ3n) is 7.23. The van der Waals surface area contributed by atoms with Crippen molar-refractivity contribution in [2.24, 2.45) is 5.41 Å². The van der Waals surface area contributed by atoms with Crippen molar-refractivity contribution in [2.75, 3.05) is 0 Å². The number of hydrogen-bond acceptors (Lipinski definition) is 0. The maximum absolute atomic E-state index is 2.57. The highest BCUT2D eigenvalue weighted by molar-refractivity contribution is 7.97. The fraction of sp³-hybridized carbons (Fsp3) is 0.310. The Bertz CT molecular complexity index is 905. The summed E-state index contributed by atoms with van der Waals surface area (Å²) in [5.41, 5.74) is 1.84. The van der Waals surface area contributed by atoms with Gasteiger partial charge in [0.25, 0.3) is 0 Å². The Labute approximate surface area is 183 Å². The summed E-state index contributed by atoms with van der Waals surface area (Å²) in [7, 11) is -1.96. The van der Waals surface area contributed by atoms with Gasteiger partial charge in [0, 0.05) is 0 Å². The van der Waals surface area contributed by atoms with Gasteiger partial charge in [0.2, 0.25) is 0 Å². The Morgan fingerprint density at radius 1 is 0.633 bits per heavy atom. The van der Waals surface area contributed by atoms with Gasteiger partial charge in [-0.2, -0.15) is 0 Å². The molecule has 1 unspecified atom stereocenters. The van der Waals surface area contributed by atoms with Gasteiger partial charge in [-0.15, -0.1) is 0 Å². The molecule has 4 rings (SSSR count). The van der Waals surface area contributed by atoms with Crippen LogP contribution in [0.2, 0.25) is 0 Å². The quantitative estimate of drug-likeness (QED) is 0.322. The van der Waals surface area contributed by atoms with Gasteiger partial charge in [0.05, 0.1) is 0 Å². The van der Waals surface area contributed by atoms with E-state index in [1.54, 1.807) is 5.57 Å². The molecule has 1 aliphatic rings. The first-order valence-electron chi connectivity index (χ1n) is 11.2. The van der Waals surface area contributed by atoms with Crippen LogP contribution in [0.5, 0.6) is 0 Å². The summed E-state index contributed by atoms with van der Waals surface area (Å²) in [5, 5.41) is 4.54. The molecule has 0 N–H and O–H groups in total. The van der Waals surface area contributed by atoms with E-state index in [2.05, 4.69) is 125 Å². The van der Waals surface area contributed by atoms with Gasteiger partial charge in [-0.1, -0.05) is 74.5 Å². The van der Waals surface area contributed by atoms with Crippen LogP contribution in [0.3, 0.4) is 0 Å². The maximum Gasteiger partial charge on any atom is 0.121 e. The third-order valence-corrected chi connectivity index (χ3v) is 12.4. The first-order valence-corrected chi connectivity index (χ1v) is 13.0. The van der Waals surface area contributed by atoms with Crippen molar-refractivity contribution < 1.29 is 0 Å². The van der Waals surface area contributed by atoms with Crippen molar-refractivity contribution >= 4 is 23.2 Å². The summed E-state index contributed by atoms with van der Waals surface area (Å²) in [6, 6.07) is 34.1. The average molecular weight is 414 g/mol. The van der Waals surface area contributed by atoms with Gasteiger partial charge < -0.3 is 0 Å². The molecule has 1 heteroatoms. The molecule has 0 radical (unpaired) electrons. The molecule has 1 fully saturated rings. The van der Waals surface area contributed by atoms with Crippen molar-refractivity contribution in [3.63, 3.8) is 0 Å². The van der Waals surface area contributed by atoms with Crippen molar-refractivity contribution in [3.8, 4) is 0 Å². The Kier molecular flexibility index (Phi) is 5.73. The number of benzene rings is 3. The second kappa shape index (κ2) is 8.16. The molecule has 0 saturated heterocycles.